The van der Waals surface area contributed by atoms with Gasteiger partial charge in [-0.2, -0.15) is 0 Å². The molecule has 180 valence electrons. The van der Waals surface area contributed by atoms with Crippen LogP contribution in [0.2, 0.25) is 0 Å². The highest BCUT2D eigenvalue weighted by Gasteiger charge is 2.42. The number of carboxylic acids is 1. The second-order valence-electron chi connectivity index (χ2n) is 9.14. The lowest BCUT2D eigenvalue weighted by atomic mass is 9.81. The summed E-state index contributed by atoms with van der Waals surface area (Å²) in [6, 6.07) is 0. The van der Waals surface area contributed by atoms with Crippen LogP contribution in [0.15, 0.2) is 60.8 Å². The number of hydrogen-bond donors (Lipinski definition) is 1. The summed E-state index contributed by atoms with van der Waals surface area (Å²) in [6.45, 7) is 2.45. The van der Waals surface area contributed by atoms with Crippen molar-refractivity contribution in [3.63, 3.8) is 0 Å². The first-order chi connectivity index (χ1) is 16.0. The lowest BCUT2D eigenvalue weighted by Gasteiger charge is -2.42. The van der Waals surface area contributed by atoms with Crippen molar-refractivity contribution in [1.29, 1.82) is 0 Å². The van der Waals surface area contributed by atoms with Crippen molar-refractivity contribution in [1.82, 2.24) is 0 Å². The molecule has 0 aliphatic carbocycles. The van der Waals surface area contributed by atoms with Gasteiger partial charge >= 0.3 is 11.9 Å². The average molecular weight is 457 g/mol. The standard InChI is InChI=1S/C27H36O6/c1-27-18-12-14-23-24(32-23)15-16-25(28)31-20-11-9-7-5-3-2-4-6-8-10-13-22(33-27)21(17-19-27)26(29)30/h2-9,15-16,21-24H,10-14,17-20H2,1H3,(H,29,30)/b4-2-,5-3-,8-6?,9-7-,16-15-. The molecule has 6 heteroatoms. The van der Waals surface area contributed by atoms with Crippen LogP contribution in [0.1, 0.15) is 58.3 Å². The molecular weight excluding hydrogens is 420 g/mol. The third-order valence-corrected chi connectivity index (χ3v) is 6.40. The van der Waals surface area contributed by atoms with Gasteiger partial charge < -0.3 is 19.3 Å². The van der Waals surface area contributed by atoms with E-state index < -0.39 is 11.9 Å². The van der Waals surface area contributed by atoms with Crippen molar-refractivity contribution in [2.24, 2.45) is 5.92 Å². The fourth-order valence-corrected chi connectivity index (χ4v) is 4.43. The predicted octanol–water partition coefficient (Wildman–Crippen LogP) is 5.07. The van der Waals surface area contributed by atoms with Crippen LogP contribution >= 0.6 is 0 Å². The second-order valence-corrected chi connectivity index (χ2v) is 9.14. The molecule has 2 fully saturated rings. The van der Waals surface area contributed by atoms with Crippen LogP contribution in [0.5, 0.6) is 0 Å². The van der Waals surface area contributed by atoms with E-state index in [-0.39, 0.29) is 29.9 Å². The highest BCUT2D eigenvalue weighted by Crippen LogP contribution is 2.39. The van der Waals surface area contributed by atoms with Gasteiger partial charge in [-0.15, -0.1) is 0 Å². The summed E-state index contributed by atoms with van der Waals surface area (Å²) in [5.41, 5.74) is -0.309. The van der Waals surface area contributed by atoms with E-state index in [1.54, 1.807) is 6.08 Å². The van der Waals surface area contributed by atoms with Gasteiger partial charge in [0.2, 0.25) is 0 Å². The quantitative estimate of drug-likeness (QED) is 0.438. The molecule has 0 aromatic carbocycles. The maximum absolute atomic E-state index is 11.8. The minimum Gasteiger partial charge on any atom is -0.481 e. The number of cyclic esters (lactones) is 1. The minimum atomic E-state index is -0.767. The molecule has 5 unspecified atom stereocenters. The zero-order chi connectivity index (χ0) is 23.5. The summed E-state index contributed by atoms with van der Waals surface area (Å²) < 4.78 is 17.2. The third-order valence-electron chi connectivity index (χ3n) is 6.40. The van der Waals surface area contributed by atoms with E-state index in [4.69, 9.17) is 14.2 Å². The number of aliphatic carboxylic acids is 1. The largest absolute Gasteiger partial charge is 0.481 e. The van der Waals surface area contributed by atoms with Gasteiger partial charge in [0.15, 0.2) is 0 Å². The summed E-state index contributed by atoms with van der Waals surface area (Å²) in [6.07, 6.45) is 24.9. The molecule has 6 nitrogen and oxygen atoms in total. The van der Waals surface area contributed by atoms with Crippen LogP contribution in [-0.4, -0.2) is 47.6 Å². The average Bonchev–Trinajstić information content (AvgIpc) is 3.53. The van der Waals surface area contributed by atoms with Crippen LogP contribution in [0, 0.1) is 5.92 Å². The van der Waals surface area contributed by atoms with E-state index in [0.29, 0.717) is 25.9 Å². The Morgan fingerprint density at radius 1 is 0.970 bits per heavy atom. The van der Waals surface area contributed by atoms with Crippen LogP contribution in [0.4, 0.5) is 0 Å². The molecule has 0 amide bonds. The van der Waals surface area contributed by atoms with Gasteiger partial charge in [-0.1, -0.05) is 48.6 Å². The molecule has 0 aromatic rings. The Bertz CT molecular complexity index is 807. The van der Waals surface area contributed by atoms with Crippen LogP contribution < -0.4 is 0 Å². The number of carbonyl (C=O) groups is 2. The molecule has 5 atom stereocenters. The van der Waals surface area contributed by atoms with Crippen molar-refractivity contribution in [2.75, 3.05) is 6.61 Å². The molecule has 3 heterocycles. The summed E-state index contributed by atoms with van der Waals surface area (Å²) >= 11 is 0. The summed E-state index contributed by atoms with van der Waals surface area (Å²) in [5, 5.41) is 9.64. The smallest absolute Gasteiger partial charge is 0.330 e. The highest BCUT2D eigenvalue weighted by molar-refractivity contribution is 5.82. The normalized spacial score (nSPS) is 38.0. The number of hydrogen-bond acceptors (Lipinski definition) is 5. The fraction of sp³-hybridized carbons (Fsp3) is 0.556. The monoisotopic (exact) mass is 456 g/mol. The Labute approximate surface area is 196 Å². The van der Waals surface area contributed by atoms with Gasteiger partial charge in [0.1, 0.15) is 6.10 Å². The third kappa shape index (κ3) is 8.78. The highest BCUT2D eigenvalue weighted by atomic mass is 16.6. The maximum atomic E-state index is 11.8. The lowest BCUT2D eigenvalue weighted by Crippen LogP contribution is -2.45. The second kappa shape index (κ2) is 12.7. The zero-order valence-corrected chi connectivity index (χ0v) is 19.4. The van der Waals surface area contributed by atoms with Gasteiger partial charge in [0.05, 0.1) is 30.3 Å². The van der Waals surface area contributed by atoms with Crippen molar-refractivity contribution in [3.8, 4) is 0 Å². The Balaban J connectivity index is 1.60. The molecule has 3 rings (SSSR count). The molecule has 2 saturated heterocycles. The van der Waals surface area contributed by atoms with Crippen molar-refractivity contribution in [2.45, 2.75) is 82.2 Å². The SMILES string of the molecule is CC12CCCC3OC3/C=C\C(=O)OCC\C=C/C=C\C=C/C=CCCC(O1)C(C(=O)O)CC2. The van der Waals surface area contributed by atoms with Crippen LogP contribution in [-0.2, 0) is 23.8 Å². The number of carboxylic acid groups (broad SMARTS) is 1. The Kier molecular flexibility index (Phi) is 9.70. The van der Waals surface area contributed by atoms with E-state index in [1.807, 2.05) is 42.5 Å². The van der Waals surface area contributed by atoms with E-state index in [0.717, 1.165) is 32.1 Å². The van der Waals surface area contributed by atoms with Gasteiger partial charge in [-0.3, -0.25) is 4.79 Å². The van der Waals surface area contributed by atoms with Crippen LogP contribution in [0.3, 0.4) is 0 Å². The molecule has 0 spiro atoms. The molecule has 3 aliphatic rings. The van der Waals surface area contributed by atoms with Crippen LogP contribution in [0.25, 0.3) is 0 Å². The van der Waals surface area contributed by atoms with Gasteiger partial charge in [-0.05, 0) is 64.4 Å². The summed E-state index contributed by atoms with van der Waals surface area (Å²) in [4.78, 5) is 23.6. The number of esters is 1. The van der Waals surface area contributed by atoms with E-state index in [2.05, 4.69) is 13.0 Å². The number of epoxide rings is 1. The Morgan fingerprint density at radius 3 is 2.45 bits per heavy atom. The number of ether oxygens (including phenoxy) is 3. The first kappa shape index (κ1) is 25.2. The lowest BCUT2D eigenvalue weighted by molar-refractivity contribution is -0.175. The molecule has 0 aromatic heterocycles. The minimum absolute atomic E-state index is 0.0304. The van der Waals surface area contributed by atoms with E-state index in [9.17, 15) is 14.7 Å². The number of carbonyl (C=O) groups excluding carboxylic acids is 1. The summed E-state index contributed by atoms with van der Waals surface area (Å²) in [5.74, 6) is -1.56. The van der Waals surface area contributed by atoms with Crippen molar-refractivity contribution >= 4 is 11.9 Å². The molecule has 1 N–H and O–H groups in total. The van der Waals surface area contributed by atoms with Crippen molar-refractivity contribution < 1.29 is 28.9 Å². The molecular formula is C27H36O6. The molecule has 0 radical (unpaired) electrons. The van der Waals surface area contributed by atoms with Gasteiger partial charge in [-0.25, -0.2) is 4.79 Å². The maximum Gasteiger partial charge on any atom is 0.330 e. The zero-order valence-electron chi connectivity index (χ0n) is 19.4. The number of allylic oxidation sites excluding steroid dienone is 7. The first-order valence-corrected chi connectivity index (χ1v) is 12.0. The molecule has 2 bridgehead atoms. The van der Waals surface area contributed by atoms with E-state index >= 15 is 0 Å². The molecule has 0 saturated carbocycles. The van der Waals surface area contributed by atoms with Gasteiger partial charge in [0.25, 0.3) is 0 Å². The van der Waals surface area contributed by atoms with Gasteiger partial charge in [0, 0.05) is 6.08 Å². The predicted molar refractivity (Wildman–Crippen MR) is 127 cm³/mol. The molecule has 3 aliphatic heterocycles. The topological polar surface area (TPSA) is 85.4 Å². The fourth-order valence-electron chi connectivity index (χ4n) is 4.43. The first-order valence-electron chi connectivity index (χ1n) is 12.0. The Hall–Kier alpha value is -2.44. The molecule has 33 heavy (non-hydrogen) atoms. The number of rotatable bonds is 1. The number of fused-ring (bicyclic) bond motifs is 3. The van der Waals surface area contributed by atoms with E-state index in [1.165, 1.54) is 6.08 Å². The van der Waals surface area contributed by atoms with Crippen molar-refractivity contribution in [3.05, 3.63) is 60.8 Å². The Morgan fingerprint density at radius 2 is 1.70 bits per heavy atom. The summed E-state index contributed by atoms with van der Waals surface area (Å²) in [7, 11) is 0.